The van der Waals surface area contributed by atoms with Crippen molar-refractivity contribution in [2.45, 2.75) is 26.4 Å². The standard InChI is InChI=1S/C29H30N6O3/c1-3-4-21-6-5-20(17-31-21)19-38-26-10-7-22(15-27(26)36-2)33-24-8-9-25-29(23(24)16-30)34-28(18-32-25)35-11-13-37-14-12-35/h5-10,15,17-18,33H,3-4,11-14,19H2,1-2H3. The highest BCUT2D eigenvalue weighted by Gasteiger charge is 2.17. The summed E-state index contributed by atoms with van der Waals surface area (Å²) in [4.78, 5) is 15.9. The SMILES string of the molecule is CCCc1ccc(COc2ccc(Nc3ccc4ncc(N5CCOCC5)nc4c3C#N)cc2OC)cn1. The quantitative estimate of drug-likeness (QED) is 0.332. The number of hydrogen-bond acceptors (Lipinski definition) is 9. The molecule has 9 heteroatoms. The Morgan fingerprint density at radius 3 is 2.66 bits per heavy atom. The minimum atomic E-state index is 0.385. The van der Waals surface area contributed by atoms with Gasteiger partial charge in [-0.2, -0.15) is 5.26 Å². The molecule has 1 aliphatic rings. The molecule has 194 valence electrons. The Balaban J connectivity index is 1.35. The van der Waals surface area contributed by atoms with Crippen molar-refractivity contribution < 1.29 is 14.2 Å². The first kappa shape index (κ1) is 25.2. The van der Waals surface area contributed by atoms with E-state index in [-0.39, 0.29) is 0 Å². The highest BCUT2D eigenvalue weighted by Crippen LogP contribution is 2.34. The van der Waals surface area contributed by atoms with Crippen molar-refractivity contribution in [3.05, 3.63) is 71.7 Å². The highest BCUT2D eigenvalue weighted by molar-refractivity contribution is 5.89. The predicted molar refractivity (Wildman–Crippen MR) is 146 cm³/mol. The number of ether oxygens (including phenoxy) is 3. The summed E-state index contributed by atoms with van der Waals surface area (Å²) in [6.07, 6.45) is 5.64. The smallest absolute Gasteiger partial charge is 0.162 e. The van der Waals surface area contributed by atoms with E-state index >= 15 is 0 Å². The van der Waals surface area contributed by atoms with Crippen LogP contribution in [0.2, 0.25) is 0 Å². The summed E-state index contributed by atoms with van der Waals surface area (Å²) in [7, 11) is 1.60. The van der Waals surface area contributed by atoms with E-state index in [1.807, 2.05) is 48.7 Å². The fourth-order valence-corrected chi connectivity index (χ4v) is 4.36. The van der Waals surface area contributed by atoms with E-state index in [1.54, 1.807) is 13.3 Å². The van der Waals surface area contributed by atoms with Crippen LogP contribution in [0.25, 0.3) is 11.0 Å². The molecule has 0 unspecified atom stereocenters. The van der Waals surface area contributed by atoms with Crippen LogP contribution < -0.4 is 19.7 Å². The summed E-state index contributed by atoms with van der Waals surface area (Å²) in [5.74, 6) is 1.95. The van der Waals surface area contributed by atoms with Gasteiger partial charge >= 0.3 is 0 Å². The number of fused-ring (bicyclic) bond motifs is 1. The molecular formula is C29H30N6O3. The molecule has 3 heterocycles. The predicted octanol–water partition coefficient (Wildman–Crippen LogP) is 5.02. The van der Waals surface area contributed by atoms with Crippen LogP contribution in [-0.2, 0) is 17.8 Å². The molecule has 0 radical (unpaired) electrons. The zero-order valence-electron chi connectivity index (χ0n) is 21.6. The van der Waals surface area contributed by atoms with Crippen molar-refractivity contribution in [1.29, 1.82) is 5.26 Å². The van der Waals surface area contributed by atoms with Crippen LogP contribution >= 0.6 is 0 Å². The van der Waals surface area contributed by atoms with Crippen molar-refractivity contribution in [3.63, 3.8) is 0 Å². The number of rotatable bonds is 9. The Hall–Kier alpha value is -4.42. The van der Waals surface area contributed by atoms with Crippen LogP contribution in [0.5, 0.6) is 11.5 Å². The number of nitrogens with one attached hydrogen (secondary N) is 1. The van der Waals surface area contributed by atoms with E-state index in [0.717, 1.165) is 48.7 Å². The van der Waals surface area contributed by atoms with Crippen molar-refractivity contribution in [1.82, 2.24) is 15.0 Å². The third kappa shape index (κ3) is 5.61. The fraction of sp³-hybridized carbons (Fsp3) is 0.310. The maximum Gasteiger partial charge on any atom is 0.162 e. The first-order valence-corrected chi connectivity index (χ1v) is 12.7. The molecule has 0 atom stereocenters. The second-order valence-electron chi connectivity index (χ2n) is 8.98. The normalized spacial score (nSPS) is 13.2. The van der Waals surface area contributed by atoms with Gasteiger partial charge in [0.1, 0.15) is 29.6 Å². The average Bonchev–Trinajstić information content (AvgIpc) is 2.97. The molecule has 1 N–H and O–H groups in total. The Morgan fingerprint density at radius 1 is 1.05 bits per heavy atom. The van der Waals surface area contributed by atoms with Gasteiger partial charge < -0.3 is 24.4 Å². The molecule has 0 bridgehead atoms. The number of nitrogens with zero attached hydrogens (tertiary/aromatic N) is 5. The largest absolute Gasteiger partial charge is 0.493 e. The number of nitriles is 1. The topological polar surface area (TPSA) is 105 Å². The first-order chi connectivity index (χ1) is 18.7. The van der Waals surface area contributed by atoms with Crippen molar-refractivity contribution in [3.8, 4) is 17.6 Å². The molecule has 1 aliphatic heterocycles. The maximum absolute atomic E-state index is 10.0. The summed E-state index contributed by atoms with van der Waals surface area (Å²) in [6, 6.07) is 15.7. The molecule has 0 aliphatic carbocycles. The fourth-order valence-electron chi connectivity index (χ4n) is 4.36. The Kier molecular flexibility index (Phi) is 7.81. The zero-order chi connectivity index (χ0) is 26.3. The van der Waals surface area contributed by atoms with Gasteiger partial charge in [0.25, 0.3) is 0 Å². The van der Waals surface area contributed by atoms with E-state index < -0.39 is 0 Å². The summed E-state index contributed by atoms with van der Waals surface area (Å²) < 4.78 is 17.0. The molecular weight excluding hydrogens is 480 g/mol. The number of methoxy groups -OCH3 is 1. The molecule has 2 aromatic carbocycles. The van der Waals surface area contributed by atoms with Crippen LogP contribution in [0.15, 0.2) is 54.9 Å². The van der Waals surface area contributed by atoms with Crippen LogP contribution in [0.3, 0.4) is 0 Å². The second-order valence-corrected chi connectivity index (χ2v) is 8.98. The molecule has 38 heavy (non-hydrogen) atoms. The highest BCUT2D eigenvalue weighted by atomic mass is 16.5. The molecule has 0 spiro atoms. The number of aryl methyl sites for hydroxylation is 1. The number of anilines is 3. The third-order valence-corrected chi connectivity index (χ3v) is 6.38. The maximum atomic E-state index is 10.0. The molecule has 1 saturated heterocycles. The van der Waals surface area contributed by atoms with Crippen molar-refractivity contribution in [2.24, 2.45) is 0 Å². The van der Waals surface area contributed by atoms with Crippen LogP contribution in [0, 0.1) is 11.3 Å². The van der Waals surface area contributed by atoms with Gasteiger partial charge in [-0.25, -0.2) is 4.98 Å². The number of pyridine rings is 1. The first-order valence-electron chi connectivity index (χ1n) is 12.7. The molecule has 2 aromatic heterocycles. The van der Waals surface area contributed by atoms with Gasteiger partial charge in [0.05, 0.1) is 37.7 Å². The monoisotopic (exact) mass is 510 g/mol. The van der Waals surface area contributed by atoms with E-state index in [0.29, 0.717) is 53.6 Å². The van der Waals surface area contributed by atoms with Crippen molar-refractivity contribution in [2.75, 3.05) is 43.6 Å². The minimum absolute atomic E-state index is 0.385. The number of benzene rings is 2. The summed E-state index contributed by atoms with van der Waals surface area (Å²) in [6.45, 7) is 5.31. The van der Waals surface area contributed by atoms with Gasteiger partial charge in [-0.3, -0.25) is 9.97 Å². The lowest BCUT2D eigenvalue weighted by molar-refractivity contribution is 0.122. The molecule has 5 rings (SSSR count). The van der Waals surface area contributed by atoms with Gasteiger partial charge in [0, 0.05) is 42.3 Å². The van der Waals surface area contributed by atoms with Gasteiger partial charge in [-0.15, -0.1) is 0 Å². The lowest BCUT2D eigenvalue weighted by Gasteiger charge is -2.27. The lowest BCUT2D eigenvalue weighted by atomic mass is 10.1. The number of morpholine rings is 1. The van der Waals surface area contributed by atoms with E-state index in [1.165, 1.54) is 0 Å². The van der Waals surface area contributed by atoms with Crippen LogP contribution in [0.4, 0.5) is 17.2 Å². The lowest BCUT2D eigenvalue weighted by Crippen LogP contribution is -2.36. The molecule has 0 saturated carbocycles. The van der Waals surface area contributed by atoms with Gasteiger partial charge in [-0.1, -0.05) is 19.4 Å². The van der Waals surface area contributed by atoms with E-state index in [4.69, 9.17) is 19.2 Å². The van der Waals surface area contributed by atoms with Gasteiger partial charge in [-0.05, 0) is 36.8 Å². The third-order valence-electron chi connectivity index (χ3n) is 6.38. The van der Waals surface area contributed by atoms with E-state index in [9.17, 15) is 5.26 Å². The summed E-state index contributed by atoms with van der Waals surface area (Å²) >= 11 is 0. The minimum Gasteiger partial charge on any atom is -0.493 e. The Morgan fingerprint density at radius 2 is 1.92 bits per heavy atom. The Labute approximate surface area is 222 Å². The number of aromatic nitrogens is 3. The molecule has 1 fully saturated rings. The summed E-state index contributed by atoms with van der Waals surface area (Å²) in [5, 5.41) is 13.4. The second kappa shape index (κ2) is 11.8. The molecule has 9 nitrogen and oxygen atoms in total. The molecule has 0 amide bonds. The van der Waals surface area contributed by atoms with Gasteiger partial charge in [0.2, 0.25) is 0 Å². The summed E-state index contributed by atoms with van der Waals surface area (Å²) in [5.41, 5.74) is 5.13. The van der Waals surface area contributed by atoms with Crippen molar-refractivity contribution >= 4 is 28.2 Å². The molecule has 4 aromatic rings. The van der Waals surface area contributed by atoms with Crippen LogP contribution in [-0.4, -0.2) is 48.4 Å². The number of hydrogen-bond donors (Lipinski definition) is 1. The zero-order valence-corrected chi connectivity index (χ0v) is 21.6. The van der Waals surface area contributed by atoms with E-state index in [2.05, 4.69) is 33.2 Å². The Bertz CT molecular complexity index is 1450. The average molecular weight is 511 g/mol. The van der Waals surface area contributed by atoms with Gasteiger partial charge in [0.15, 0.2) is 11.5 Å². The van der Waals surface area contributed by atoms with Crippen LogP contribution in [0.1, 0.15) is 30.2 Å².